The molecule has 4 nitrogen and oxygen atoms in total. The standard InChI is InChI=1S/C9H14ClN3O/c1-6(2)5-14-8-7(10)4-12-9(11-3)13-8/h4,6H,5H2,1-3H3,(H,11,12,13). The highest BCUT2D eigenvalue weighted by Gasteiger charge is 2.06. The monoisotopic (exact) mass is 215 g/mol. The van der Waals surface area contributed by atoms with Gasteiger partial charge in [-0.2, -0.15) is 4.98 Å². The van der Waals surface area contributed by atoms with Crippen molar-refractivity contribution in [1.29, 1.82) is 0 Å². The first-order valence-electron chi connectivity index (χ1n) is 4.46. The molecular formula is C9H14ClN3O. The number of halogens is 1. The Morgan fingerprint density at radius 1 is 1.57 bits per heavy atom. The van der Waals surface area contributed by atoms with Gasteiger partial charge in [0.05, 0.1) is 12.8 Å². The minimum atomic E-state index is 0.430. The van der Waals surface area contributed by atoms with E-state index in [1.807, 2.05) is 0 Å². The molecule has 1 N–H and O–H groups in total. The minimum Gasteiger partial charge on any atom is -0.476 e. The van der Waals surface area contributed by atoms with Crippen molar-refractivity contribution >= 4 is 17.5 Å². The molecule has 0 atom stereocenters. The molecule has 0 saturated carbocycles. The number of nitrogens with one attached hydrogen (secondary N) is 1. The van der Waals surface area contributed by atoms with Crippen LogP contribution in [0.25, 0.3) is 0 Å². The predicted octanol–water partition coefficient (Wildman–Crippen LogP) is 2.21. The molecule has 1 aromatic rings. The second-order valence-electron chi connectivity index (χ2n) is 3.30. The molecule has 0 aromatic carbocycles. The van der Waals surface area contributed by atoms with Gasteiger partial charge in [-0.1, -0.05) is 25.4 Å². The molecule has 1 rings (SSSR count). The molecule has 78 valence electrons. The van der Waals surface area contributed by atoms with Crippen molar-refractivity contribution in [2.45, 2.75) is 13.8 Å². The zero-order valence-electron chi connectivity index (χ0n) is 8.54. The van der Waals surface area contributed by atoms with E-state index in [2.05, 4.69) is 29.1 Å². The average Bonchev–Trinajstić information content (AvgIpc) is 2.16. The highest BCUT2D eigenvalue weighted by molar-refractivity contribution is 6.31. The van der Waals surface area contributed by atoms with Gasteiger partial charge < -0.3 is 10.1 Å². The maximum Gasteiger partial charge on any atom is 0.237 e. The highest BCUT2D eigenvalue weighted by Crippen LogP contribution is 2.21. The van der Waals surface area contributed by atoms with E-state index >= 15 is 0 Å². The van der Waals surface area contributed by atoms with Crippen molar-refractivity contribution < 1.29 is 4.74 Å². The van der Waals surface area contributed by atoms with Crippen LogP contribution in [0.15, 0.2) is 6.20 Å². The molecule has 0 aliphatic rings. The number of nitrogens with zero attached hydrogens (tertiary/aromatic N) is 2. The molecule has 1 aromatic heterocycles. The van der Waals surface area contributed by atoms with Gasteiger partial charge in [-0.25, -0.2) is 4.98 Å². The Balaban J connectivity index is 2.73. The summed E-state index contributed by atoms with van der Waals surface area (Å²) in [5.41, 5.74) is 0. The summed E-state index contributed by atoms with van der Waals surface area (Å²) in [5.74, 6) is 1.38. The van der Waals surface area contributed by atoms with Crippen molar-refractivity contribution in [2.75, 3.05) is 19.0 Å². The number of ether oxygens (including phenoxy) is 1. The van der Waals surface area contributed by atoms with E-state index in [1.165, 1.54) is 6.20 Å². The summed E-state index contributed by atoms with van der Waals surface area (Å²) in [5, 5.41) is 3.26. The maximum atomic E-state index is 5.86. The Hall–Kier alpha value is -1.03. The number of aromatic nitrogens is 2. The van der Waals surface area contributed by atoms with E-state index in [1.54, 1.807) is 7.05 Å². The van der Waals surface area contributed by atoms with E-state index in [4.69, 9.17) is 16.3 Å². The fourth-order valence-corrected chi connectivity index (χ4v) is 0.964. The van der Waals surface area contributed by atoms with Gasteiger partial charge in [-0.15, -0.1) is 0 Å². The molecule has 0 radical (unpaired) electrons. The number of anilines is 1. The zero-order valence-corrected chi connectivity index (χ0v) is 9.30. The summed E-state index contributed by atoms with van der Waals surface area (Å²) in [6.07, 6.45) is 1.52. The van der Waals surface area contributed by atoms with Crippen LogP contribution in [0, 0.1) is 5.92 Å². The van der Waals surface area contributed by atoms with Crippen LogP contribution >= 0.6 is 11.6 Å². The summed E-state index contributed by atoms with van der Waals surface area (Å²) in [7, 11) is 1.75. The lowest BCUT2D eigenvalue weighted by Crippen LogP contribution is -2.07. The zero-order chi connectivity index (χ0) is 10.6. The lowest BCUT2D eigenvalue weighted by Gasteiger charge is -2.09. The summed E-state index contributed by atoms with van der Waals surface area (Å²) >= 11 is 5.86. The number of hydrogen-bond acceptors (Lipinski definition) is 4. The van der Waals surface area contributed by atoms with Gasteiger partial charge in [0.2, 0.25) is 11.8 Å². The first kappa shape index (κ1) is 11.0. The Labute approximate surface area is 88.7 Å². The molecule has 0 bridgehead atoms. The lowest BCUT2D eigenvalue weighted by molar-refractivity contribution is 0.261. The fourth-order valence-electron chi connectivity index (χ4n) is 0.819. The van der Waals surface area contributed by atoms with Crippen molar-refractivity contribution in [3.8, 4) is 5.88 Å². The van der Waals surface area contributed by atoms with E-state index < -0.39 is 0 Å². The Kier molecular flexibility index (Phi) is 3.95. The normalized spacial score (nSPS) is 10.4. The van der Waals surface area contributed by atoms with Crippen molar-refractivity contribution in [2.24, 2.45) is 5.92 Å². The lowest BCUT2D eigenvalue weighted by atomic mass is 10.2. The highest BCUT2D eigenvalue weighted by atomic mass is 35.5. The summed E-state index contributed by atoms with van der Waals surface area (Å²) in [6.45, 7) is 4.72. The van der Waals surface area contributed by atoms with Crippen LogP contribution in [0.5, 0.6) is 5.88 Å². The third-order valence-electron chi connectivity index (χ3n) is 1.49. The summed E-state index contributed by atoms with van der Waals surface area (Å²) in [4.78, 5) is 8.04. The summed E-state index contributed by atoms with van der Waals surface area (Å²) in [6, 6.07) is 0. The van der Waals surface area contributed by atoms with Crippen LogP contribution in [-0.4, -0.2) is 23.6 Å². The number of hydrogen-bond donors (Lipinski definition) is 1. The van der Waals surface area contributed by atoms with Gasteiger partial charge in [-0.05, 0) is 5.92 Å². The fraction of sp³-hybridized carbons (Fsp3) is 0.556. The minimum absolute atomic E-state index is 0.430. The Morgan fingerprint density at radius 2 is 2.29 bits per heavy atom. The third kappa shape index (κ3) is 3.03. The van der Waals surface area contributed by atoms with Gasteiger partial charge >= 0.3 is 0 Å². The van der Waals surface area contributed by atoms with Gasteiger partial charge in [0.1, 0.15) is 5.02 Å². The topological polar surface area (TPSA) is 47.0 Å². The van der Waals surface area contributed by atoms with E-state index in [0.29, 0.717) is 29.4 Å². The SMILES string of the molecule is CNc1ncc(Cl)c(OCC(C)C)n1. The molecule has 0 saturated heterocycles. The van der Waals surface area contributed by atoms with Gasteiger partial charge in [-0.3, -0.25) is 0 Å². The second-order valence-corrected chi connectivity index (χ2v) is 3.71. The van der Waals surface area contributed by atoms with Crippen LogP contribution in [0.3, 0.4) is 0 Å². The first-order valence-corrected chi connectivity index (χ1v) is 4.84. The predicted molar refractivity (Wildman–Crippen MR) is 56.9 cm³/mol. The van der Waals surface area contributed by atoms with Crippen molar-refractivity contribution in [3.63, 3.8) is 0 Å². The molecule has 5 heteroatoms. The summed E-state index contributed by atoms with van der Waals surface area (Å²) < 4.78 is 5.42. The molecule has 0 unspecified atom stereocenters. The van der Waals surface area contributed by atoms with Crippen LogP contribution < -0.4 is 10.1 Å². The van der Waals surface area contributed by atoms with Crippen molar-refractivity contribution in [1.82, 2.24) is 9.97 Å². The second kappa shape index (κ2) is 5.00. The van der Waals surface area contributed by atoms with Crippen LogP contribution in [0.2, 0.25) is 5.02 Å². The molecule has 0 amide bonds. The molecule has 14 heavy (non-hydrogen) atoms. The van der Waals surface area contributed by atoms with E-state index in [-0.39, 0.29) is 0 Å². The average molecular weight is 216 g/mol. The Morgan fingerprint density at radius 3 is 2.86 bits per heavy atom. The molecule has 0 fully saturated rings. The van der Waals surface area contributed by atoms with Gasteiger partial charge in [0.25, 0.3) is 0 Å². The Bertz CT molecular complexity index is 304. The van der Waals surface area contributed by atoms with Crippen LogP contribution in [0.1, 0.15) is 13.8 Å². The first-order chi connectivity index (χ1) is 6.63. The largest absolute Gasteiger partial charge is 0.476 e. The molecule has 1 heterocycles. The van der Waals surface area contributed by atoms with E-state index in [9.17, 15) is 0 Å². The van der Waals surface area contributed by atoms with Crippen LogP contribution in [-0.2, 0) is 0 Å². The third-order valence-corrected chi connectivity index (χ3v) is 1.75. The molecule has 0 aliphatic heterocycles. The quantitative estimate of drug-likeness (QED) is 0.837. The molecule has 0 spiro atoms. The molecular weight excluding hydrogens is 202 g/mol. The maximum absolute atomic E-state index is 5.86. The number of rotatable bonds is 4. The van der Waals surface area contributed by atoms with E-state index in [0.717, 1.165) is 0 Å². The molecule has 0 aliphatic carbocycles. The van der Waals surface area contributed by atoms with Gasteiger partial charge in [0.15, 0.2) is 0 Å². The van der Waals surface area contributed by atoms with Crippen molar-refractivity contribution in [3.05, 3.63) is 11.2 Å². The smallest absolute Gasteiger partial charge is 0.237 e. The van der Waals surface area contributed by atoms with Crippen LogP contribution in [0.4, 0.5) is 5.95 Å². The van der Waals surface area contributed by atoms with Gasteiger partial charge in [0, 0.05) is 7.05 Å².